The van der Waals surface area contributed by atoms with Gasteiger partial charge in [0, 0.05) is 17.6 Å². The van der Waals surface area contributed by atoms with E-state index in [0.29, 0.717) is 5.56 Å². The van der Waals surface area contributed by atoms with Gasteiger partial charge in [-0.1, -0.05) is 6.07 Å². The topological polar surface area (TPSA) is 36.3 Å². The maximum atomic E-state index is 9.09. The zero-order valence-corrected chi connectivity index (χ0v) is 9.83. The van der Waals surface area contributed by atoms with Crippen LogP contribution in [0.5, 0.6) is 0 Å². The molecule has 2 rings (SSSR count). The van der Waals surface area contributed by atoms with Crippen molar-refractivity contribution in [2.24, 2.45) is 0 Å². The largest absolute Gasteiger partial charge is 0.378 e. The quantitative estimate of drug-likeness (QED) is 0.782. The average Bonchev–Trinajstić information content (AvgIpc) is 2.30. The summed E-state index contributed by atoms with van der Waals surface area (Å²) >= 11 is 3.39. The highest BCUT2D eigenvalue weighted by molar-refractivity contribution is 9.10. The molecule has 0 bridgehead atoms. The standard InChI is InChI=1S/C11H11BrN2O/c12-10-2-1-3-11(9(10)8-13)14-4-6-15-7-5-14/h1-3H,4-7H2. The molecule has 78 valence electrons. The molecule has 0 N–H and O–H groups in total. The molecular formula is C11H11BrN2O. The zero-order chi connectivity index (χ0) is 10.7. The van der Waals surface area contributed by atoms with Crippen molar-refractivity contribution < 1.29 is 4.74 Å². The van der Waals surface area contributed by atoms with Gasteiger partial charge < -0.3 is 9.64 Å². The maximum absolute atomic E-state index is 9.09. The number of anilines is 1. The Balaban J connectivity index is 2.34. The van der Waals surface area contributed by atoms with Gasteiger partial charge in [-0.15, -0.1) is 0 Å². The van der Waals surface area contributed by atoms with E-state index in [1.807, 2.05) is 18.2 Å². The van der Waals surface area contributed by atoms with Crippen LogP contribution in [-0.4, -0.2) is 26.3 Å². The van der Waals surface area contributed by atoms with Crippen molar-refractivity contribution in [2.45, 2.75) is 0 Å². The van der Waals surface area contributed by atoms with Crippen LogP contribution in [0.2, 0.25) is 0 Å². The molecule has 1 saturated heterocycles. The molecule has 0 amide bonds. The van der Waals surface area contributed by atoms with Gasteiger partial charge in [0.1, 0.15) is 6.07 Å². The number of nitriles is 1. The minimum absolute atomic E-state index is 0.708. The van der Waals surface area contributed by atoms with Crippen LogP contribution in [0.25, 0.3) is 0 Å². The number of rotatable bonds is 1. The molecule has 3 nitrogen and oxygen atoms in total. The fourth-order valence-electron chi connectivity index (χ4n) is 1.69. The molecule has 1 aromatic carbocycles. The number of nitrogens with zero attached hydrogens (tertiary/aromatic N) is 2. The number of halogens is 1. The van der Waals surface area contributed by atoms with E-state index in [1.54, 1.807) is 0 Å². The Morgan fingerprint density at radius 3 is 2.73 bits per heavy atom. The number of hydrogen-bond acceptors (Lipinski definition) is 3. The van der Waals surface area contributed by atoms with E-state index in [0.717, 1.165) is 36.5 Å². The average molecular weight is 267 g/mol. The Kier molecular flexibility index (Phi) is 3.24. The number of ether oxygens (including phenoxy) is 1. The second kappa shape index (κ2) is 4.65. The molecule has 0 saturated carbocycles. The third kappa shape index (κ3) is 2.14. The summed E-state index contributed by atoms with van der Waals surface area (Å²) in [4.78, 5) is 2.19. The van der Waals surface area contributed by atoms with Crippen molar-refractivity contribution in [2.75, 3.05) is 31.2 Å². The summed E-state index contributed by atoms with van der Waals surface area (Å²) in [6.07, 6.45) is 0. The lowest BCUT2D eigenvalue weighted by Crippen LogP contribution is -2.36. The summed E-state index contributed by atoms with van der Waals surface area (Å²) < 4.78 is 6.14. The highest BCUT2D eigenvalue weighted by Crippen LogP contribution is 2.27. The minimum Gasteiger partial charge on any atom is -0.378 e. The normalized spacial score (nSPS) is 16.1. The van der Waals surface area contributed by atoms with Crippen molar-refractivity contribution in [3.8, 4) is 6.07 Å². The highest BCUT2D eigenvalue weighted by Gasteiger charge is 2.15. The highest BCUT2D eigenvalue weighted by atomic mass is 79.9. The van der Waals surface area contributed by atoms with Gasteiger partial charge in [0.25, 0.3) is 0 Å². The molecule has 0 radical (unpaired) electrons. The number of benzene rings is 1. The summed E-state index contributed by atoms with van der Waals surface area (Å²) in [5.41, 5.74) is 1.70. The second-order valence-electron chi connectivity index (χ2n) is 3.35. The van der Waals surface area contributed by atoms with Gasteiger partial charge in [-0.05, 0) is 28.1 Å². The lowest BCUT2D eigenvalue weighted by atomic mass is 10.1. The number of hydrogen-bond donors (Lipinski definition) is 0. The lowest BCUT2D eigenvalue weighted by Gasteiger charge is -2.29. The lowest BCUT2D eigenvalue weighted by molar-refractivity contribution is 0.122. The van der Waals surface area contributed by atoms with E-state index >= 15 is 0 Å². The van der Waals surface area contributed by atoms with Gasteiger partial charge in [-0.3, -0.25) is 0 Å². The van der Waals surface area contributed by atoms with E-state index < -0.39 is 0 Å². The van der Waals surface area contributed by atoms with Gasteiger partial charge in [0.2, 0.25) is 0 Å². The van der Waals surface area contributed by atoms with Crippen LogP contribution in [0.15, 0.2) is 22.7 Å². The fraction of sp³-hybridized carbons (Fsp3) is 0.364. The molecule has 0 unspecified atom stereocenters. The Bertz CT molecular complexity index is 394. The van der Waals surface area contributed by atoms with Crippen molar-refractivity contribution in [1.29, 1.82) is 5.26 Å². The maximum Gasteiger partial charge on any atom is 0.103 e. The van der Waals surface area contributed by atoms with Crippen LogP contribution in [0.1, 0.15) is 5.56 Å². The van der Waals surface area contributed by atoms with E-state index in [-0.39, 0.29) is 0 Å². The Morgan fingerprint density at radius 2 is 2.07 bits per heavy atom. The molecule has 1 aliphatic rings. The molecule has 4 heteroatoms. The Labute approximate surface area is 97.4 Å². The SMILES string of the molecule is N#Cc1c(Br)cccc1N1CCOCC1. The second-order valence-corrected chi connectivity index (χ2v) is 4.20. The van der Waals surface area contributed by atoms with E-state index in [2.05, 4.69) is 26.9 Å². The molecule has 1 aromatic rings. The summed E-state index contributed by atoms with van der Waals surface area (Å²) in [6.45, 7) is 3.17. The molecule has 0 atom stereocenters. The predicted octanol–water partition coefficient (Wildman–Crippen LogP) is 2.16. The van der Waals surface area contributed by atoms with Crippen LogP contribution in [0.3, 0.4) is 0 Å². The van der Waals surface area contributed by atoms with Gasteiger partial charge in [0.05, 0.1) is 24.5 Å². The summed E-state index contributed by atoms with van der Waals surface area (Å²) in [5.74, 6) is 0. The van der Waals surface area contributed by atoms with E-state index in [4.69, 9.17) is 10.00 Å². The van der Waals surface area contributed by atoms with Crippen molar-refractivity contribution >= 4 is 21.6 Å². The first-order valence-electron chi connectivity index (χ1n) is 4.84. The summed E-state index contributed by atoms with van der Waals surface area (Å²) in [7, 11) is 0. The molecular weight excluding hydrogens is 256 g/mol. The summed E-state index contributed by atoms with van der Waals surface area (Å²) in [5, 5.41) is 9.09. The Morgan fingerprint density at radius 1 is 1.33 bits per heavy atom. The minimum atomic E-state index is 0.708. The molecule has 1 aliphatic heterocycles. The molecule has 15 heavy (non-hydrogen) atoms. The van der Waals surface area contributed by atoms with Crippen LogP contribution in [-0.2, 0) is 4.74 Å². The van der Waals surface area contributed by atoms with Crippen LogP contribution in [0, 0.1) is 11.3 Å². The molecule has 0 aliphatic carbocycles. The monoisotopic (exact) mass is 266 g/mol. The molecule has 0 aromatic heterocycles. The molecule has 1 heterocycles. The molecule has 0 spiro atoms. The smallest absolute Gasteiger partial charge is 0.103 e. The van der Waals surface area contributed by atoms with Gasteiger partial charge in [-0.25, -0.2) is 0 Å². The van der Waals surface area contributed by atoms with Crippen molar-refractivity contribution in [3.05, 3.63) is 28.2 Å². The third-order valence-electron chi connectivity index (χ3n) is 2.46. The first-order valence-corrected chi connectivity index (χ1v) is 5.63. The third-order valence-corrected chi connectivity index (χ3v) is 3.12. The van der Waals surface area contributed by atoms with E-state index in [9.17, 15) is 0 Å². The fourth-order valence-corrected chi connectivity index (χ4v) is 2.14. The zero-order valence-electron chi connectivity index (χ0n) is 8.24. The first kappa shape index (κ1) is 10.5. The van der Waals surface area contributed by atoms with Crippen molar-refractivity contribution in [3.63, 3.8) is 0 Å². The van der Waals surface area contributed by atoms with Crippen LogP contribution >= 0.6 is 15.9 Å². The number of morpholine rings is 1. The first-order chi connectivity index (χ1) is 7.33. The van der Waals surface area contributed by atoms with Gasteiger partial charge in [-0.2, -0.15) is 5.26 Å². The van der Waals surface area contributed by atoms with Gasteiger partial charge >= 0.3 is 0 Å². The predicted molar refractivity (Wildman–Crippen MR) is 61.9 cm³/mol. The van der Waals surface area contributed by atoms with Crippen LogP contribution < -0.4 is 4.90 Å². The van der Waals surface area contributed by atoms with Crippen LogP contribution in [0.4, 0.5) is 5.69 Å². The van der Waals surface area contributed by atoms with Gasteiger partial charge in [0.15, 0.2) is 0 Å². The van der Waals surface area contributed by atoms with Crippen molar-refractivity contribution in [1.82, 2.24) is 0 Å². The Hall–Kier alpha value is -1.05. The molecule has 1 fully saturated rings. The van der Waals surface area contributed by atoms with E-state index in [1.165, 1.54) is 0 Å². The summed E-state index contributed by atoms with van der Waals surface area (Å²) in [6, 6.07) is 8.06.